The van der Waals surface area contributed by atoms with Gasteiger partial charge in [0, 0.05) is 11.1 Å². The third-order valence-electron chi connectivity index (χ3n) is 2.58. The second-order valence-electron chi connectivity index (χ2n) is 3.85. The highest BCUT2D eigenvalue weighted by Crippen LogP contribution is 2.09. The van der Waals surface area contributed by atoms with E-state index in [1.54, 1.807) is 12.1 Å². The van der Waals surface area contributed by atoms with Crippen molar-refractivity contribution in [3.63, 3.8) is 0 Å². The fraction of sp³-hybridized carbons (Fsp3) is 0.125. The molecule has 1 heteroatoms. The van der Waals surface area contributed by atoms with Crippen molar-refractivity contribution in [3.05, 3.63) is 65.2 Å². The van der Waals surface area contributed by atoms with Crippen LogP contribution in [0.2, 0.25) is 0 Å². The lowest BCUT2D eigenvalue weighted by Crippen LogP contribution is -1.80. The second kappa shape index (κ2) is 5.23. The summed E-state index contributed by atoms with van der Waals surface area (Å²) in [5, 5.41) is 9.15. The Kier molecular flexibility index (Phi) is 3.47. The van der Waals surface area contributed by atoms with E-state index >= 15 is 0 Å². The normalized spacial score (nSPS) is 9.47. The van der Waals surface area contributed by atoms with Crippen LogP contribution in [-0.4, -0.2) is 5.11 Å². The minimum atomic E-state index is 0.267. The third kappa shape index (κ3) is 3.12. The third-order valence-corrected chi connectivity index (χ3v) is 2.58. The van der Waals surface area contributed by atoms with Gasteiger partial charge in [0.2, 0.25) is 0 Å². The van der Waals surface area contributed by atoms with Gasteiger partial charge in [-0.2, -0.15) is 0 Å². The van der Waals surface area contributed by atoms with Crippen molar-refractivity contribution < 1.29 is 5.11 Å². The quantitative estimate of drug-likeness (QED) is 0.733. The molecule has 0 aromatic heterocycles. The van der Waals surface area contributed by atoms with Crippen LogP contribution in [0.5, 0.6) is 5.75 Å². The van der Waals surface area contributed by atoms with E-state index in [-0.39, 0.29) is 5.75 Å². The van der Waals surface area contributed by atoms with Crippen LogP contribution in [0.25, 0.3) is 0 Å². The summed E-state index contributed by atoms with van der Waals surface area (Å²) < 4.78 is 0. The zero-order valence-corrected chi connectivity index (χ0v) is 9.77. The molecule has 1 nitrogen and oxygen atoms in total. The van der Waals surface area contributed by atoms with Crippen molar-refractivity contribution in [2.24, 2.45) is 0 Å². The van der Waals surface area contributed by atoms with Crippen molar-refractivity contribution in [1.82, 2.24) is 0 Å². The van der Waals surface area contributed by atoms with Crippen LogP contribution in [0, 0.1) is 11.8 Å². The van der Waals surface area contributed by atoms with E-state index in [0.29, 0.717) is 0 Å². The summed E-state index contributed by atoms with van der Waals surface area (Å²) in [6, 6.07) is 15.2. The largest absolute Gasteiger partial charge is 0.508 e. The first kappa shape index (κ1) is 11.3. The summed E-state index contributed by atoms with van der Waals surface area (Å²) in [6.45, 7) is 2.14. The van der Waals surface area contributed by atoms with Gasteiger partial charge in [-0.25, -0.2) is 0 Å². The van der Waals surface area contributed by atoms with Gasteiger partial charge < -0.3 is 5.11 Å². The van der Waals surface area contributed by atoms with E-state index in [1.807, 2.05) is 24.3 Å². The number of benzene rings is 2. The molecule has 2 aromatic carbocycles. The fourth-order valence-corrected chi connectivity index (χ4v) is 1.51. The second-order valence-corrected chi connectivity index (χ2v) is 3.85. The van der Waals surface area contributed by atoms with Gasteiger partial charge >= 0.3 is 0 Å². The number of rotatable bonds is 1. The fourth-order valence-electron chi connectivity index (χ4n) is 1.51. The molecule has 1 N–H and O–H groups in total. The van der Waals surface area contributed by atoms with E-state index in [9.17, 15) is 0 Å². The monoisotopic (exact) mass is 222 g/mol. The molecule has 0 unspecified atom stereocenters. The first-order valence-corrected chi connectivity index (χ1v) is 5.68. The predicted octanol–water partition coefficient (Wildman–Crippen LogP) is 3.35. The molecule has 0 saturated heterocycles. The molecule has 17 heavy (non-hydrogen) atoms. The Morgan fingerprint density at radius 2 is 1.29 bits per heavy atom. The molecule has 0 heterocycles. The lowest BCUT2D eigenvalue weighted by Gasteiger charge is -1.95. The molecule has 0 fully saturated rings. The SMILES string of the molecule is CCc1ccc(C#Cc2ccc(O)cc2)cc1. The van der Waals surface area contributed by atoms with Crippen LogP contribution in [0.4, 0.5) is 0 Å². The van der Waals surface area contributed by atoms with Crippen molar-refractivity contribution in [2.75, 3.05) is 0 Å². The molecule has 0 aliphatic carbocycles. The van der Waals surface area contributed by atoms with E-state index in [1.165, 1.54) is 5.56 Å². The Morgan fingerprint density at radius 3 is 1.76 bits per heavy atom. The number of aryl methyl sites for hydroxylation is 1. The topological polar surface area (TPSA) is 20.2 Å². The molecule has 84 valence electrons. The van der Waals surface area contributed by atoms with Crippen molar-refractivity contribution in [1.29, 1.82) is 0 Å². The van der Waals surface area contributed by atoms with Gasteiger partial charge in [0.25, 0.3) is 0 Å². The first-order valence-electron chi connectivity index (χ1n) is 5.68. The molecule has 0 aliphatic rings. The number of phenols is 1. The predicted molar refractivity (Wildman–Crippen MR) is 69.9 cm³/mol. The molecule has 0 aliphatic heterocycles. The van der Waals surface area contributed by atoms with Gasteiger partial charge in [-0.05, 0) is 48.4 Å². The summed E-state index contributed by atoms with van der Waals surface area (Å²) in [6.07, 6.45) is 1.05. The van der Waals surface area contributed by atoms with Crippen molar-refractivity contribution in [2.45, 2.75) is 13.3 Å². The van der Waals surface area contributed by atoms with Gasteiger partial charge in [0.15, 0.2) is 0 Å². The lowest BCUT2D eigenvalue weighted by atomic mass is 10.1. The highest BCUT2D eigenvalue weighted by atomic mass is 16.3. The van der Waals surface area contributed by atoms with Crippen LogP contribution >= 0.6 is 0 Å². The molecule has 0 spiro atoms. The molecule has 0 radical (unpaired) electrons. The minimum Gasteiger partial charge on any atom is -0.508 e. The summed E-state index contributed by atoms with van der Waals surface area (Å²) >= 11 is 0. The Bertz CT molecular complexity index is 539. The average Bonchev–Trinajstić information content (AvgIpc) is 2.39. The molecule has 2 aromatic rings. The van der Waals surface area contributed by atoms with E-state index in [4.69, 9.17) is 5.11 Å². The summed E-state index contributed by atoms with van der Waals surface area (Å²) in [5.74, 6) is 6.43. The van der Waals surface area contributed by atoms with Gasteiger partial charge in [-0.3, -0.25) is 0 Å². The smallest absolute Gasteiger partial charge is 0.115 e. The van der Waals surface area contributed by atoms with Crippen molar-refractivity contribution in [3.8, 4) is 17.6 Å². The van der Waals surface area contributed by atoms with Crippen molar-refractivity contribution >= 4 is 0 Å². The molecule has 0 atom stereocenters. The number of hydrogen-bond acceptors (Lipinski definition) is 1. The van der Waals surface area contributed by atoms with Crippen LogP contribution in [-0.2, 0) is 6.42 Å². The Balaban J connectivity index is 2.17. The minimum absolute atomic E-state index is 0.267. The maximum atomic E-state index is 9.15. The lowest BCUT2D eigenvalue weighted by molar-refractivity contribution is 0.475. The maximum Gasteiger partial charge on any atom is 0.115 e. The van der Waals surface area contributed by atoms with Crippen LogP contribution < -0.4 is 0 Å². The van der Waals surface area contributed by atoms with Gasteiger partial charge in [-0.1, -0.05) is 30.9 Å². The Morgan fingerprint density at radius 1 is 0.824 bits per heavy atom. The molecular weight excluding hydrogens is 208 g/mol. The van der Waals surface area contributed by atoms with E-state index in [2.05, 4.69) is 30.9 Å². The highest BCUT2D eigenvalue weighted by molar-refractivity contribution is 5.44. The first-order chi connectivity index (χ1) is 8.28. The zero-order valence-electron chi connectivity index (χ0n) is 9.77. The van der Waals surface area contributed by atoms with Crippen LogP contribution in [0.3, 0.4) is 0 Å². The number of hydrogen-bond donors (Lipinski definition) is 1. The average molecular weight is 222 g/mol. The molecule has 0 saturated carbocycles. The zero-order chi connectivity index (χ0) is 12.1. The van der Waals surface area contributed by atoms with Crippen LogP contribution in [0.1, 0.15) is 23.6 Å². The van der Waals surface area contributed by atoms with E-state index in [0.717, 1.165) is 17.5 Å². The van der Waals surface area contributed by atoms with E-state index < -0.39 is 0 Å². The summed E-state index contributed by atoms with van der Waals surface area (Å²) in [7, 11) is 0. The molecule has 2 rings (SSSR count). The summed E-state index contributed by atoms with van der Waals surface area (Å²) in [5.41, 5.74) is 3.23. The highest BCUT2D eigenvalue weighted by Gasteiger charge is 1.90. The standard InChI is InChI=1S/C16H14O/c1-2-13-3-5-14(6-4-13)7-8-15-9-11-16(17)12-10-15/h3-6,9-12,17H,2H2,1H3. The molecule has 0 bridgehead atoms. The Hall–Kier alpha value is -2.20. The maximum absolute atomic E-state index is 9.15. The summed E-state index contributed by atoms with van der Waals surface area (Å²) in [4.78, 5) is 0. The number of phenolic OH excluding ortho intramolecular Hbond substituents is 1. The Labute approximate surface area is 102 Å². The van der Waals surface area contributed by atoms with Crippen LogP contribution in [0.15, 0.2) is 48.5 Å². The molecular formula is C16H14O. The number of aromatic hydroxyl groups is 1. The van der Waals surface area contributed by atoms with Gasteiger partial charge in [0.05, 0.1) is 0 Å². The molecule has 0 amide bonds. The van der Waals surface area contributed by atoms with Gasteiger partial charge in [0.1, 0.15) is 5.75 Å². The van der Waals surface area contributed by atoms with Gasteiger partial charge in [-0.15, -0.1) is 0 Å².